The van der Waals surface area contributed by atoms with E-state index in [2.05, 4.69) is 20.8 Å². The molecule has 0 bridgehead atoms. The number of fused-ring (bicyclic) bond motifs is 5. The molecule has 3 saturated carbocycles. The van der Waals surface area contributed by atoms with Crippen LogP contribution >= 0.6 is 0 Å². The number of rotatable bonds is 6. The molecule has 0 spiro atoms. The molecule has 31 heavy (non-hydrogen) atoms. The highest BCUT2D eigenvalue weighted by molar-refractivity contribution is 5.92. The summed E-state index contributed by atoms with van der Waals surface area (Å²) >= 11 is 0. The van der Waals surface area contributed by atoms with Crippen LogP contribution in [-0.4, -0.2) is 23.6 Å². The molecule has 172 valence electrons. The van der Waals surface area contributed by atoms with Gasteiger partial charge in [-0.2, -0.15) is 0 Å². The molecule has 4 aliphatic carbocycles. The van der Waals surface area contributed by atoms with E-state index in [0.717, 1.165) is 57.8 Å². The molecule has 7 atom stereocenters. The van der Waals surface area contributed by atoms with Gasteiger partial charge in [-0.25, -0.2) is 0 Å². The van der Waals surface area contributed by atoms with Crippen LogP contribution in [0.1, 0.15) is 98.3 Å². The van der Waals surface area contributed by atoms with Crippen LogP contribution in [-0.2, 0) is 19.1 Å². The first-order chi connectivity index (χ1) is 14.7. The topological polar surface area (TPSA) is 60.4 Å². The molecule has 4 nitrogen and oxygen atoms in total. The molecule has 4 heteroatoms. The van der Waals surface area contributed by atoms with Gasteiger partial charge in [0.15, 0.2) is 5.78 Å². The first kappa shape index (κ1) is 22.7. The third-order valence-corrected chi connectivity index (χ3v) is 9.79. The van der Waals surface area contributed by atoms with E-state index in [1.807, 2.05) is 6.08 Å². The van der Waals surface area contributed by atoms with Crippen LogP contribution in [0.2, 0.25) is 0 Å². The predicted octanol–water partition coefficient (Wildman–Crippen LogP) is 5.83. The number of Topliss-reactive ketones (excluding diaryl/α,β-unsaturated/α-hetero) is 1. The van der Waals surface area contributed by atoms with Crippen molar-refractivity contribution in [3.8, 4) is 0 Å². The third kappa shape index (κ3) is 3.72. The Morgan fingerprint density at radius 3 is 2.58 bits per heavy atom. The molecule has 0 aromatic heterocycles. The molecule has 0 unspecified atom stereocenters. The van der Waals surface area contributed by atoms with Crippen molar-refractivity contribution in [3.63, 3.8) is 0 Å². The van der Waals surface area contributed by atoms with Gasteiger partial charge in [0, 0.05) is 24.2 Å². The normalized spacial score (nSPS) is 41.6. The largest absolute Gasteiger partial charge is 0.461 e. The number of esters is 1. The smallest absolute Gasteiger partial charge is 0.306 e. The summed E-state index contributed by atoms with van der Waals surface area (Å²) in [7, 11) is 0. The Kier molecular flexibility index (Phi) is 6.22. The van der Waals surface area contributed by atoms with Gasteiger partial charge in [-0.05, 0) is 81.1 Å². The number of carbonyl (C=O) groups excluding carboxylic acids is 3. The summed E-state index contributed by atoms with van der Waals surface area (Å²) in [5.41, 5.74) is 1.08. The van der Waals surface area contributed by atoms with E-state index >= 15 is 0 Å². The lowest BCUT2D eigenvalue weighted by molar-refractivity contribution is -0.166. The summed E-state index contributed by atoms with van der Waals surface area (Å²) in [6.45, 7) is 8.53. The molecule has 0 amide bonds. The molecule has 0 radical (unpaired) electrons. The summed E-state index contributed by atoms with van der Waals surface area (Å²) in [5.74, 6) is 2.07. The van der Waals surface area contributed by atoms with Gasteiger partial charge in [-0.1, -0.05) is 39.2 Å². The number of hydrogen-bond donors (Lipinski definition) is 0. The van der Waals surface area contributed by atoms with Crippen LogP contribution in [0.3, 0.4) is 0 Å². The highest BCUT2D eigenvalue weighted by Crippen LogP contribution is 2.67. The van der Waals surface area contributed by atoms with E-state index in [-0.39, 0.29) is 34.6 Å². The van der Waals surface area contributed by atoms with Crippen LogP contribution in [0.25, 0.3) is 0 Å². The monoisotopic (exact) mass is 428 g/mol. The van der Waals surface area contributed by atoms with E-state index in [1.165, 1.54) is 5.57 Å². The van der Waals surface area contributed by atoms with Crippen molar-refractivity contribution in [2.45, 2.75) is 104 Å². The van der Waals surface area contributed by atoms with E-state index in [9.17, 15) is 14.4 Å². The maximum atomic E-state index is 12.6. The summed E-state index contributed by atoms with van der Waals surface area (Å²) < 4.78 is 6.07. The Hall–Kier alpha value is -1.45. The Labute approximate surface area is 187 Å². The van der Waals surface area contributed by atoms with Gasteiger partial charge in [0.1, 0.15) is 11.9 Å². The standard InChI is InChI=1S/C27H40O4/c1-5-6-7-8-25(30)31-24-16-19(29)15-18-9-10-20-22-12-11-21(17(2)28)26(22,3)14-13-23(20)27(18,24)4/h15,20-24H,5-14,16H2,1-4H3/t20-,21+,22-,23-,24-,26+,27-/m0/s1. The number of unbranched alkanes of at least 4 members (excludes halogenated alkanes) is 2. The maximum absolute atomic E-state index is 12.6. The van der Waals surface area contributed by atoms with Gasteiger partial charge in [0.2, 0.25) is 0 Å². The molecule has 0 aliphatic heterocycles. The minimum atomic E-state index is -0.337. The average Bonchev–Trinajstić information content (AvgIpc) is 3.06. The fourth-order valence-corrected chi connectivity index (χ4v) is 8.15. The molecule has 0 N–H and O–H groups in total. The van der Waals surface area contributed by atoms with Crippen molar-refractivity contribution < 1.29 is 19.1 Å². The van der Waals surface area contributed by atoms with Gasteiger partial charge >= 0.3 is 5.97 Å². The number of ether oxygens (including phenoxy) is 1. The van der Waals surface area contributed by atoms with Crippen molar-refractivity contribution in [2.24, 2.45) is 34.5 Å². The summed E-state index contributed by atoms with van der Waals surface area (Å²) in [5, 5.41) is 0. The van der Waals surface area contributed by atoms with Gasteiger partial charge < -0.3 is 4.74 Å². The second-order valence-electron chi connectivity index (χ2n) is 11.3. The van der Waals surface area contributed by atoms with Crippen LogP contribution in [0, 0.1) is 34.5 Å². The van der Waals surface area contributed by atoms with Crippen molar-refractivity contribution >= 4 is 17.5 Å². The van der Waals surface area contributed by atoms with Crippen molar-refractivity contribution in [3.05, 3.63) is 11.6 Å². The first-order valence-corrected chi connectivity index (χ1v) is 12.7. The minimum Gasteiger partial charge on any atom is -0.461 e. The van der Waals surface area contributed by atoms with Crippen LogP contribution < -0.4 is 0 Å². The van der Waals surface area contributed by atoms with Gasteiger partial charge in [0.25, 0.3) is 0 Å². The Balaban J connectivity index is 1.59. The van der Waals surface area contributed by atoms with Crippen molar-refractivity contribution in [2.75, 3.05) is 0 Å². The summed E-state index contributed by atoms with van der Waals surface area (Å²) in [6, 6.07) is 0. The van der Waals surface area contributed by atoms with E-state index in [1.54, 1.807) is 6.92 Å². The Morgan fingerprint density at radius 1 is 1.10 bits per heavy atom. The van der Waals surface area contributed by atoms with E-state index in [0.29, 0.717) is 36.4 Å². The second-order valence-corrected chi connectivity index (χ2v) is 11.3. The molecular formula is C27H40O4. The SMILES string of the molecule is CCCCCC(=O)O[C@H]1CC(=O)C=C2CC[C@H]3[C@@H]4CC[C@H](C(C)=O)[C@@]4(C)CC[C@@H]3[C@]21C. The Bertz CT molecular complexity index is 782. The number of ketones is 2. The maximum Gasteiger partial charge on any atom is 0.306 e. The number of carbonyl (C=O) groups is 3. The van der Waals surface area contributed by atoms with Crippen LogP contribution in [0.4, 0.5) is 0 Å². The fourth-order valence-electron chi connectivity index (χ4n) is 8.15. The van der Waals surface area contributed by atoms with Crippen molar-refractivity contribution in [1.82, 2.24) is 0 Å². The second kappa shape index (κ2) is 8.48. The summed E-state index contributed by atoms with van der Waals surface area (Å²) in [6.07, 6.45) is 11.6. The van der Waals surface area contributed by atoms with Crippen molar-refractivity contribution in [1.29, 1.82) is 0 Å². The zero-order chi connectivity index (χ0) is 22.4. The molecule has 3 fully saturated rings. The molecule has 0 saturated heterocycles. The predicted molar refractivity (Wildman–Crippen MR) is 120 cm³/mol. The van der Waals surface area contributed by atoms with E-state index < -0.39 is 0 Å². The lowest BCUT2D eigenvalue weighted by Gasteiger charge is -2.59. The highest BCUT2D eigenvalue weighted by atomic mass is 16.5. The lowest BCUT2D eigenvalue weighted by Crippen LogP contribution is -2.56. The first-order valence-electron chi connectivity index (χ1n) is 12.7. The molecule has 0 aromatic carbocycles. The van der Waals surface area contributed by atoms with E-state index in [4.69, 9.17) is 4.74 Å². The zero-order valence-electron chi connectivity index (χ0n) is 19.9. The van der Waals surface area contributed by atoms with Crippen LogP contribution in [0.15, 0.2) is 11.6 Å². The Morgan fingerprint density at radius 2 is 1.87 bits per heavy atom. The zero-order valence-corrected chi connectivity index (χ0v) is 19.9. The minimum absolute atomic E-state index is 0.107. The lowest BCUT2D eigenvalue weighted by atomic mass is 9.46. The molecular weight excluding hydrogens is 388 g/mol. The molecule has 4 rings (SSSR count). The van der Waals surface area contributed by atoms with Gasteiger partial charge in [0.05, 0.1) is 0 Å². The molecule has 0 aromatic rings. The van der Waals surface area contributed by atoms with Gasteiger partial charge in [-0.3, -0.25) is 14.4 Å². The fraction of sp³-hybridized carbons (Fsp3) is 0.815. The van der Waals surface area contributed by atoms with Gasteiger partial charge in [-0.15, -0.1) is 0 Å². The number of hydrogen-bond acceptors (Lipinski definition) is 4. The molecule has 4 aliphatic rings. The average molecular weight is 429 g/mol. The summed E-state index contributed by atoms with van der Waals surface area (Å²) in [4.78, 5) is 37.5. The third-order valence-electron chi connectivity index (χ3n) is 9.79. The van der Waals surface area contributed by atoms with Crippen LogP contribution in [0.5, 0.6) is 0 Å². The quantitative estimate of drug-likeness (QED) is 0.395. The highest BCUT2D eigenvalue weighted by Gasteiger charge is 2.62. The molecule has 0 heterocycles.